The maximum absolute atomic E-state index is 13.8. The molecule has 0 aliphatic carbocycles. The summed E-state index contributed by atoms with van der Waals surface area (Å²) in [5, 5.41) is 3.17. The minimum Gasteiger partial charge on any atom is -0.354 e. The van der Waals surface area contributed by atoms with E-state index in [4.69, 9.17) is 11.6 Å². The first-order chi connectivity index (χ1) is 18.4. The van der Waals surface area contributed by atoms with Gasteiger partial charge in [-0.25, -0.2) is 12.8 Å². The van der Waals surface area contributed by atoms with Crippen molar-refractivity contribution in [2.45, 2.75) is 45.2 Å². The van der Waals surface area contributed by atoms with E-state index < -0.39 is 34.3 Å². The minimum absolute atomic E-state index is 0.00214. The summed E-state index contributed by atoms with van der Waals surface area (Å²) in [5.74, 6) is -1.23. The first kappa shape index (κ1) is 30.1. The molecular weight excluding hydrogens is 541 g/mol. The van der Waals surface area contributed by atoms with E-state index in [1.165, 1.54) is 47.4 Å². The van der Waals surface area contributed by atoms with E-state index in [0.717, 1.165) is 9.87 Å². The molecule has 0 heterocycles. The predicted molar refractivity (Wildman–Crippen MR) is 151 cm³/mol. The topological polar surface area (TPSA) is 86.8 Å². The zero-order valence-electron chi connectivity index (χ0n) is 22.4. The second-order valence-corrected chi connectivity index (χ2v) is 12.0. The van der Waals surface area contributed by atoms with Crippen molar-refractivity contribution in [3.05, 3.63) is 94.8 Å². The summed E-state index contributed by atoms with van der Waals surface area (Å²) in [6, 6.07) is 17.2. The number of hydrogen-bond donors (Lipinski definition) is 1. The van der Waals surface area contributed by atoms with E-state index in [9.17, 15) is 22.4 Å². The van der Waals surface area contributed by atoms with E-state index in [0.29, 0.717) is 17.1 Å². The van der Waals surface area contributed by atoms with E-state index >= 15 is 0 Å². The fourth-order valence-electron chi connectivity index (χ4n) is 3.81. The van der Waals surface area contributed by atoms with E-state index in [1.54, 1.807) is 44.2 Å². The van der Waals surface area contributed by atoms with Gasteiger partial charge in [0, 0.05) is 18.1 Å². The monoisotopic (exact) mass is 573 g/mol. The number of aryl methyl sites for hydroxylation is 1. The van der Waals surface area contributed by atoms with Crippen LogP contribution in [0.1, 0.15) is 31.9 Å². The lowest BCUT2D eigenvalue weighted by molar-refractivity contribution is -0.139. The van der Waals surface area contributed by atoms with Gasteiger partial charge in [-0.3, -0.25) is 13.9 Å². The van der Waals surface area contributed by atoms with Crippen molar-refractivity contribution in [2.24, 2.45) is 5.92 Å². The first-order valence-electron chi connectivity index (χ1n) is 12.6. The molecule has 2 amide bonds. The molecule has 0 saturated heterocycles. The minimum atomic E-state index is -4.18. The average molecular weight is 574 g/mol. The first-order valence-corrected chi connectivity index (χ1v) is 14.4. The molecule has 0 bridgehead atoms. The molecule has 10 heteroatoms. The number of sulfonamides is 1. The molecule has 1 atom stereocenters. The highest BCUT2D eigenvalue weighted by molar-refractivity contribution is 7.92. The average Bonchev–Trinajstić information content (AvgIpc) is 2.91. The molecule has 208 valence electrons. The molecule has 0 radical (unpaired) electrons. The molecule has 7 nitrogen and oxygen atoms in total. The number of hydrogen-bond acceptors (Lipinski definition) is 4. The summed E-state index contributed by atoms with van der Waals surface area (Å²) in [5.41, 5.74) is 1.54. The van der Waals surface area contributed by atoms with Crippen molar-refractivity contribution in [2.75, 3.05) is 17.4 Å². The van der Waals surface area contributed by atoms with Crippen LogP contribution >= 0.6 is 11.6 Å². The Labute approximate surface area is 234 Å². The Morgan fingerprint density at radius 1 is 0.974 bits per heavy atom. The Balaban J connectivity index is 2.02. The lowest BCUT2D eigenvalue weighted by Gasteiger charge is -2.32. The summed E-state index contributed by atoms with van der Waals surface area (Å²) in [7, 11) is -4.18. The van der Waals surface area contributed by atoms with E-state index in [-0.39, 0.29) is 29.0 Å². The van der Waals surface area contributed by atoms with Gasteiger partial charge in [0.15, 0.2) is 0 Å². The van der Waals surface area contributed by atoms with Crippen molar-refractivity contribution >= 4 is 39.1 Å². The number of carbonyl (C=O) groups is 2. The van der Waals surface area contributed by atoms with Gasteiger partial charge >= 0.3 is 0 Å². The van der Waals surface area contributed by atoms with Gasteiger partial charge in [0.25, 0.3) is 10.0 Å². The molecule has 1 unspecified atom stereocenters. The van der Waals surface area contributed by atoms with Gasteiger partial charge in [-0.05, 0) is 67.3 Å². The zero-order valence-corrected chi connectivity index (χ0v) is 24.0. The van der Waals surface area contributed by atoms with Crippen molar-refractivity contribution < 1.29 is 22.4 Å². The summed E-state index contributed by atoms with van der Waals surface area (Å²) in [4.78, 5) is 28.1. The van der Waals surface area contributed by atoms with Gasteiger partial charge in [0.1, 0.15) is 18.4 Å². The summed E-state index contributed by atoms with van der Waals surface area (Å²) in [6.07, 6.45) is 0. The van der Waals surface area contributed by atoms with Crippen molar-refractivity contribution in [3.8, 4) is 0 Å². The SMILES string of the molecule is Cc1ccc(N(CC(=O)N(Cc2ccc(F)cc2)C(C)C(=O)NCC(C)C)S(=O)(=O)c2ccccc2)cc1Cl. The second-order valence-electron chi connectivity index (χ2n) is 9.72. The third-order valence-electron chi connectivity index (χ3n) is 6.17. The Hall–Kier alpha value is -3.43. The molecule has 0 aliphatic rings. The largest absolute Gasteiger partial charge is 0.354 e. The number of halogens is 2. The van der Waals surface area contributed by atoms with Crippen LogP contribution in [0, 0.1) is 18.7 Å². The Bertz CT molecular complexity index is 1400. The van der Waals surface area contributed by atoms with Gasteiger partial charge in [-0.15, -0.1) is 0 Å². The highest BCUT2D eigenvalue weighted by atomic mass is 35.5. The maximum Gasteiger partial charge on any atom is 0.264 e. The van der Waals surface area contributed by atoms with Gasteiger partial charge in [0.2, 0.25) is 11.8 Å². The predicted octanol–water partition coefficient (Wildman–Crippen LogP) is 5.17. The summed E-state index contributed by atoms with van der Waals surface area (Å²) < 4.78 is 42.0. The number of nitrogens with one attached hydrogen (secondary N) is 1. The molecule has 0 fully saturated rings. The van der Waals surface area contributed by atoms with E-state index in [1.807, 2.05) is 13.8 Å². The normalized spacial score (nSPS) is 12.2. The van der Waals surface area contributed by atoms with Crippen molar-refractivity contribution in [1.29, 1.82) is 0 Å². The summed E-state index contributed by atoms with van der Waals surface area (Å²) >= 11 is 6.33. The molecule has 3 aromatic carbocycles. The van der Waals surface area contributed by atoms with Crippen LogP contribution in [0.5, 0.6) is 0 Å². The van der Waals surface area contributed by atoms with Crippen molar-refractivity contribution in [1.82, 2.24) is 10.2 Å². The highest BCUT2D eigenvalue weighted by Gasteiger charge is 2.32. The Morgan fingerprint density at radius 2 is 1.62 bits per heavy atom. The molecule has 0 spiro atoms. The number of anilines is 1. The standard InChI is InChI=1S/C29H33ClFN3O4S/c1-20(2)17-32-29(36)22(4)33(18-23-11-13-24(31)14-12-23)28(35)19-34(25-15-10-21(3)27(30)16-25)39(37,38)26-8-6-5-7-9-26/h5-16,20,22H,17-19H2,1-4H3,(H,32,36). The summed E-state index contributed by atoms with van der Waals surface area (Å²) in [6.45, 7) is 7.07. The molecule has 1 N–H and O–H groups in total. The van der Waals surface area contributed by atoms with Gasteiger partial charge in [0.05, 0.1) is 10.6 Å². The van der Waals surface area contributed by atoms with Crippen LogP contribution in [0.15, 0.2) is 77.7 Å². The molecule has 39 heavy (non-hydrogen) atoms. The fourth-order valence-corrected chi connectivity index (χ4v) is 5.41. The van der Waals surface area contributed by atoms with Crippen LogP contribution in [0.2, 0.25) is 5.02 Å². The van der Waals surface area contributed by atoms with Gasteiger partial charge in [-0.1, -0.05) is 61.8 Å². The number of nitrogens with zero attached hydrogens (tertiary/aromatic N) is 2. The van der Waals surface area contributed by atoms with Gasteiger partial charge in [-0.2, -0.15) is 0 Å². The zero-order chi connectivity index (χ0) is 28.7. The van der Waals surface area contributed by atoms with Crippen LogP contribution in [0.25, 0.3) is 0 Å². The Morgan fingerprint density at radius 3 is 2.21 bits per heavy atom. The van der Waals surface area contributed by atoms with Gasteiger partial charge < -0.3 is 10.2 Å². The Kier molecular flexibility index (Phi) is 10.1. The third-order valence-corrected chi connectivity index (χ3v) is 8.37. The van der Waals surface area contributed by atoms with Crippen LogP contribution < -0.4 is 9.62 Å². The molecule has 0 saturated carbocycles. The van der Waals surface area contributed by atoms with Crippen LogP contribution in [0.4, 0.5) is 10.1 Å². The lowest BCUT2D eigenvalue weighted by atomic mass is 10.1. The number of carbonyl (C=O) groups excluding carboxylic acids is 2. The smallest absolute Gasteiger partial charge is 0.264 e. The second kappa shape index (κ2) is 13.1. The fraction of sp³-hybridized carbons (Fsp3) is 0.310. The number of rotatable bonds is 11. The molecular formula is C29H33ClFN3O4S. The van der Waals surface area contributed by atoms with Crippen molar-refractivity contribution in [3.63, 3.8) is 0 Å². The molecule has 0 aliphatic heterocycles. The van der Waals surface area contributed by atoms with Crippen LogP contribution in [-0.4, -0.2) is 44.3 Å². The highest BCUT2D eigenvalue weighted by Crippen LogP contribution is 2.28. The number of benzene rings is 3. The van der Waals surface area contributed by atoms with Crippen LogP contribution in [0.3, 0.4) is 0 Å². The van der Waals surface area contributed by atoms with E-state index in [2.05, 4.69) is 5.32 Å². The third kappa shape index (κ3) is 7.80. The lowest BCUT2D eigenvalue weighted by Crippen LogP contribution is -2.51. The number of amides is 2. The molecule has 0 aromatic heterocycles. The quantitative estimate of drug-likeness (QED) is 0.343. The molecule has 3 rings (SSSR count). The van der Waals surface area contributed by atoms with Crippen LogP contribution in [-0.2, 0) is 26.2 Å². The maximum atomic E-state index is 13.8. The molecule has 3 aromatic rings.